The minimum absolute atomic E-state index is 0. The van der Waals surface area contributed by atoms with Crippen molar-refractivity contribution in [2.75, 3.05) is 13.1 Å². The van der Waals surface area contributed by atoms with Gasteiger partial charge in [-0.2, -0.15) is 0 Å². The van der Waals surface area contributed by atoms with E-state index in [9.17, 15) is 9.59 Å². The molecule has 0 aromatic carbocycles. The van der Waals surface area contributed by atoms with E-state index in [1.807, 2.05) is 13.8 Å². The van der Waals surface area contributed by atoms with Gasteiger partial charge in [-0.1, -0.05) is 0 Å². The first-order chi connectivity index (χ1) is 7.54. The van der Waals surface area contributed by atoms with Gasteiger partial charge >= 0.3 is 0 Å². The van der Waals surface area contributed by atoms with Crippen molar-refractivity contribution in [3.8, 4) is 0 Å². The first kappa shape index (κ1) is 21.5. The van der Waals surface area contributed by atoms with Crippen molar-refractivity contribution in [2.45, 2.75) is 40.5 Å². The van der Waals surface area contributed by atoms with Gasteiger partial charge < -0.3 is 0 Å². The van der Waals surface area contributed by atoms with Gasteiger partial charge in [0.25, 0.3) is 0 Å². The molecule has 103 valence electrons. The molecule has 0 unspecified atom stereocenters. The smallest absolute Gasteiger partial charge is 0.135 e. The van der Waals surface area contributed by atoms with Gasteiger partial charge in [-0.3, -0.25) is 19.6 Å². The quantitative estimate of drug-likeness (QED) is 0.555. The summed E-state index contributed by atoms with van der Waals surface area (Å²) in [6, 6.07) is 0. The van der Waals surface area contributed by atoms with Crippen LogP contribution in [0, 0.1) is 0 Å². The largest absolute Gasteiger partial charge is 0.300 e. The predicted molar refractivity (Wildman–Crippen MR) is 68.7 cm³/mol. The molecule has 5 heteroatoms. The van der Waals surface area contributed by atoms with Crippen molar-refractivity contribution in [3.05, 3.63) is 0 Å². The topological polar surface area (TPSA) is 58.9 Å². The number of carbonyl (C=O) groups excluding carboxylic acids is 2. The molecule has 0 aliphatic carbocycles. The van der Waals surface area contributed by atoms with E-state index in [0.29, 0.717) is 12.8 Å². The molecule has 1 radical (unpaired) electrons. The minimum atomic E-state index is 0. The maximum absolute atomic E-state index is 10.2. The first-order valence-electron chi connectivity index (χ1n) is 5.49. The van der Waals surface area contributed by atoms with Gasteiger partial charge in [0.05, 0.1) is 0 Å². The average molecular weight is 290 g/mol. The summed E-state index contributed by atoms with van der Waals surface area (Å²) in [7, 11) is 0. The van der Waals surface area contributed by atoms with Crippen LogP contribution in [-0.2, 0) is 26.7 Å². The number of hydrogen-bond donors (Lipinski definition) is 0. The van der Waals surface area contributed by atoms with Gasteiger partial charge in [-0.25, -0.2) is 0 Å². The molecule has 0 saturated carbocycles. The van der Waals surface area contributed by atoms with Crippen LogP contribution in [0.3, 0.4) is 0 Å². The number of hydrogen-bond acceptors (Lipinski definition) is 4. The Labute approximate surface area is 114 Å². The second-order valence-electron chi connectivity index (χ2n) is 3.18. The van der Waals surface area contributed by atoms with Crippen LogP contribution in [0.25, 0.3) is 0 Å². The fraction of sp³-hybridized carbons (Fsp3) is 0.667. The zero-order valence-corrected chi connectivity index (χ0v) is 11.9. The summed E-state index contributed by atoms with van der Waals surface area (Å²) in [4.78, 5) is 28.2. The minimum Gasteiger partial charge on any atom is -0.300 e. The Balaban J connectivity index is -0.000000218. The second kappa shape index (κ2) is 17.6. The van der Waals surface area contributed by atoms with E-state index in [1.54, 1.807) is 26.3 Å². The molecular weight excluding hydrogens is 268 g/mol. The summed E-state index contributed by atoms with van der Waals surface area (Å²) >= 11 is 0. The molecule has 4 nitrogen and oxygen atoms in total. The molecule has 0 aliphatic heterocycles. The van der Waals surface area contributed by atoms with Gasteiger partial charge in [-0.15, -0.1) is 0 Å². The van der Waals surface area contributed by atoms with Crippen LogP contribution in [0.2, 0.25) is 0 Å². The Morgan fingerprint density at radius 2 is 1.18 bits per heavy atom. The average Bonchev–Trinajstić information content (AvgIpc) is 2.18. The van der Waals surface area contributed by atoms with E-state index in [2.05, 4.69) is 9.98 Å². The summed E-state index contributed by atoms with van der Waals surface area (Å²) < 4.78 is 0. The van der Waals surface area contributed by atoms with Crippen LogP contribution in [0.4, 0.5) is 0 Å². The number of rotatable bonds is 6. The molecule has 0 aromatic heterocycles. The van der Waals surface area contributed by atoms with Crippen molar-refractivity contribution in [1.82, 2.24) is 0 Å². The third-order valence-corrected chi connectivity index (χ3v) is 1.38. The molecule has 17 heavy (non-hydrogen) atoms. The Hall–Kier alpha value is -0.801. The van der Waals surface area contributed by atoms with Crippen LogP contribution < -0.4 is 0 Å². The zero-order chi connectivity index (χ0) is 12.8. The third-order valence-electron chi connectivity index (χ3n) is 1.38. The molecule has 0 heterocycles. The number of carbonyl (C=O) groups is 2. The number of aliphatic imine (C=N–C) groups is 2. The predicted octanol–water partition coefficient (Wildman–Crippen LogP) is 2.11. The van der Waals surface area contributed by atoms with Crippen LogP contribution >= 0.6 is 0 Å². The van der Waals surface area contributed by atoms with E-state index in [0.717, 1.165) is 13.1 Å². The summed E-state index contributed by atoms with van der Waals surface area (Å²) in [6.45, 7) is 8.54. The molecule has 0 saturated heterocycles. The Morgan fingerprint density at radius 1 is 0.882 bits per heavy atom. The molecule has 0 bridgehead atoms. The Kier molecular flexibility index (Phi) is 22.2. The van der Waals surface area contributed by atoms with E-state index in [4.69, 9.17) is 0 Å². The monoisotopic (exact) mass is 289 g/mol. The molecule has 0 aromatic rings. The molecule has 0 amide bonds. The third kappa shape index (κ3) is 31.3. The number of nitrogens with zero attached hydrogens (tertiary/aromatic N) is 2. The van der Waals surface area contributed by atoms with E-state index >= 15 is 0 Å². The molecule has 0 N–H and O–H groups in total. The summed E-state index contributed by atoms with van der Waals surface area (Å²) in [5.41, 5.74) is 0. The normalized spacial score (nSPS) is 9.65. The van der Waals surface area contributed by atoms with Crippen molar-refractivity contribution in [2.24, 2.45) is 9.98 Å². The Morgan fingerprint density at radius 3 is 1.35 bits per heavy atom. The molecule has 0 atom stereocenters. The summed E-state index contributed by atoms with van der Waals surface area (Å²) in [6.07, 6.45) is 4.27. The maximum Gasteiger partial charge on any atom is 0.135 e. The van der Waals surface area contributed by atoms with Crippen LogP contribution in [0.15, 0.2) is 9.98 Å². The van der Waals surface area contributed by atoms with Crippen LogP contribution in [0.1, 0.15) is 40.5 Å². The van der Waals surface area contributed by atoms with Gasteiger partial charge in [0.2, 0.25) is 0 Å². The van der Waals surface area contributed by atoms with Crippen LogP contribution in [-0.4, -0.2) is 37.1 Å². The van der Waals surface area contributed by atoms with Crippen molar-refractivity contribution >= 4 is 24.0 Å². The summed E-state index contributed by atoms with van der Waals surface area (Å²) in [5.74, 6) is 0.337. The van der Waals surface area contributed by atoms with Crippen LogP contribution in [0.5, 0.6) is 0 Å². The SMILES string of the molecule is CCN=CCC(C)=O.CCN=CCC(C)=O.[Cu]. The van der Waals surface area contributed by atoms with E-state index in [-0.39, 0.29) is 28.6 Å². The summed E-state index contributed by atoms with van der Waals surface area (Å²) in [5, 5.41) is 0. The number of Topliss-reactive ketones (excluding diaryl/α,β-unsaturated/α-hetero) is 2. The fourth-order valence-electron chi connectivity index (χ4n) is 0.644. The Bertz CT molecular complexity index is 225. The van der Waals surface area contributed by atoms with E-state index in [1.165, 1.54) is 0 Å². The van der Waals surface area contributed by atoms with Gasteiger partial charge in [-0.05, 0) is 27.7 Å². The molecule has 0 fully saturated rings. The van der Waals surface area contributed by atoms with Gasteiger partial charge in [0.1, 0.15) is 11.6 Å². The molecular formula is C12H22CuN2O2. The van der Waals surface area contributed by atoms with Crippen molar-refractivity contribution in [1.29, 1.82) is 0 Å². The fourth-order valence-corrected chi connectivity index (χ4v) is 0.644. The first-order valence-corrected chi connectivity index (χ1v) is 5.49. The maximum atomic E-state index is 10.2. The van der Waals surface area contributed by atoms with E-state index < -0.39 is 0 Å². The molecule has 0 aliphatic rings. The molecule has 0 rings (SSSR count). The van der Waals surface area contributed by atoms with Gasteiger partial charge in [0.15, 0.2) is 0 Å². The standard InChI is InChI=1S/2C6H11NO.Cu/c2*1-3-7-5-4-6(2)8;/h2*5H,3-4H2,1-2H3;. The van der Waals surface area contributed by atoms with Crippen molar-refractivity contribution in [3.63, 3.8) is 0 Å². The molecule has 0 spiro atoms. The zero-order valence-electron chi connectivity index (χ0n) is 11.0. The van der Waals surface area contributed by atoms with Gasteiger partial charge in [0, 0.05) is 55.4 Å². The number of ketones is 2. The van der Waals surface area contributed by atoms with Crippen molar-refractivity contribution < 1.29 is 26.7 Å². The second-order valence-corrected chi connectivity index (χ2v) is 3.18.